The average Bonchev–Trinajstić information content (AvgIpc) is 3.06. The Kier molecular flexibility index (Phi) is 6.21. The number of piperazine rings is 1. The molecule has 1 fully saturated rings. The second kappa shape index (κ2) is 9.59. The second-order valence-corrected chi connectivity index (χ2v) is 8.55. The number of carbonyl (C=O) groups excluding carboxylic acids is 1. The molecule has 1 atom stereocenters. The van der Waals surface area contributed by atoms with E-state index in [1.807, 2.05) is 77.7 Å². The van der Waals surface area contributed by atoms with E-state index in [1.165, 1.54) is 0 Å². The summed E-state index contributed by atoms with van der Waals surface area (Å²) in [6.07, 6.45) is 0.789. The molecule has 5 rings (SSSR count). The van der Waals surface area contributed by atoms with Gasteiger partial charge in [0.1, 0.15) is 23.0 Å². The van der Waals surface area contributed by atoms with Gasteiger partial charge in [0.15, 0.2) is 5.75 Å². The number of para-hydroxylation sites is 2. The molecule has 6 heteroatoms. The summed E-state index contributed by atoms with van der Waals surface area (Å²) in [5.74, 6) is 3.18. The van der Waals surface area contributed by atoms with Crippen LogP contribution in [-0.2, 0) is 4.79 Å². The number of fused-ring (bicyclic) bond motifs is 2. The molecule has 2 heterocycles. The summed E-state index contributed by atoms with van der Waals surface area (Å²) in [6, 6.07) is 23.7. The largest absolute Gasteiger partial charge is 0.497 e. The minimum atomic E-state index is -0.103. The van der Waals surface area contributed by atoms with E-state index in [0.29, 0.717) is 26.2 Å². The van der Waals surface area contributed by atoms with Crippen LogP contribution < -0.4 is 9.47 Å². The number of benzene rings is 3. The number of hydrogen-bond donors (Lipinski definition) is 0. The SMILES string of the molecule is CC[C@@H](C(=O)N1CCN(C2=Nc3ccccc3Oc3ccc(OC)cc32)CC1)c1ccccc1. The fourth-order valence-corrected chi connectivity index (χ4v) is 4.67. The number of nitrogens with zero attached hydrogens (tertiary/aromatic N) is 3. The number of carbonyl (C=O) groups is 1. The maximum absolute atomic E-state index is 13.4. The quantitative estimate of drug-likeness (QED) is 0.541. The third-order valence-electron chi connectivity index (χ3n) is 6.54. The molecule has 1 saturated heterocycles. The molecular weight excluding hydrogens is 426 g/mol. The van der Waals surface area contributed by atoms with Crippen LogP contribution in [0.5, 0.6) is 17.2 Å². The molecule has 6 nitrogen and oxygen atoms in total. The summed E-state index contributed by atoms with van der Waals surface area (Å²) in [5, 5.41) is 0. The monoisotopic (exact) mass is 455 g/mol. The molecule has 3 aromatic rings. The first kappa shape index (κ1) is 22.0. The van der Waals surface area contributed by atoms with Gasteiger partial charge in [0.25, 0.3) is 0 Å². The minimum Gasteiger partial charge on any atom is -0.497 e. The zero-order chi connectivity index (χ0) is 23.5. The summed E-state index contributed by atoms with van der Waals surface area (Å²) in [5.41, 5.74) is 2.77. The maximum atomic E-state index is 13.4. The highest BCUT2D eigenvalue weighted by Gasteiger charge is 2.30. The fourth-order valence-electron chi connectivity index (χ4n) is 4.67. The first-order valence-electron chi connectivity index (χ1n) is 11.8. The first-order chi connectivity index (χ1) is 16.7. The number of ether oxygens (including phenoxy) is 2. The highest BCUT2D eigenvalue weighted by Crippen LogP contribution is 2.39. The smallest absolute Gasteiger partial charge is 0.230 e. The van der Waals surface area contributed by atoms with E-state index < -0.39 is 0 Å². The van der Waals surface area contributed by atoms with Gasteiger partial charge in [0.2, 0.25) is 5.91 Å². The molecule has 0 radical (unpaired) electrons. The van der Waals surface area contributed by atoms with Crippen LogP contribution in [0.2, 0.25) is 0 Å². The Bertz CT molecular complexity index is 1200. The van der Waals surface area contributed by atoms with Crippen LogP contribution in [0.3, 0.4) is 0 Å². The number of amidine groups is 1. The van der Waals surface area contributed by atoms with Gasteiger partial charge < -0.3 is 19.3 Å². The molecule has 0 spiro atoms. The lowest BCUT2D eigenvalue weighted by atomic mass is 9.94. The van der Waals surface area contributed by atoms with E-state index in [1.54, 1.807) is 7.11 Å². The Morgan fingerprint density at radius 3 is 2.44 bits per heavy atom. The molecule has 2 aliphatic heterocycles. The van der Waals surface area contributed by atoms with Gasteiger partial charge in [-0.2, -0.15) is 0 Å². The number of methoxy groups -OCH3 is 1. The molecule has 0 aliphatic carbocycles. The normalized spacial score (nSPS) is 15.9. The molecule has 34 heavy (non-hydrogen) atoms. The van der Waals surface area contributed by atoms with Crippen molar-refractivity contribution in [3.63, 3.8) is 0 Å². The predicted octanol–water partition coefficient (Wildman–Crippen LogP) is 5.22. The van der Waals surface area contributed by atoms with E-state index in [0.717, 1.165) is 46.3 Å². The van der Waals surface area contributed by atoms with Gasteiger partial charge in [-0.1, -0.05) is 49.4 Å². The Labute approximate surface area is 200 Å². The summed E-state index contributed by atoms with van der Waals surface area (Å²) >= 11 is 0. The minimum absolute atomic E-state index is 0.103. The van der Waals surface area contributed by atoms with Crippen molar-refractivity contribution in [2.45, 2.75) is 19.3 Å². The van der Waals surface area contributed by atoms with Gasteiger partial charge in [-0.15, -0.1) is 0 Å². The van der Waals surface area contributed by atoms with E-state index >= 15 is 0 Å². The maximum Gasteiger partial charge on any atom is 0.230 e. The van der Waals surface area contributed by atoms with E-state index in [4.69, 9.17) is 14.5 Å². The average molecular weight is 456 g/mol. The van der Waals surface area contributed by atoms with Gasteiger partial charge in [-0.25, -0.2) is 4.99 Å². The van der Waals surface area contributed by atoms with Crippen LogP contribution in [0.15, 0.2) is 77.8 Å². The van der Waals surface area contributed by atoms with Gasteiger partial charge in [0.05, 0.1) is 18.6 Å². The van der Waals surface area contributed by atoms with Crippen LogP contribution in [-0.4, -0.2) is 54.8 Å². The van der Waals surface area contributed by atoms with Crippen LogP contribution >= 0.6 is 0 Å². The summed E-state index contributed by atoms with van der Waals surface area (Å²) in [4.78, 5) is 22.6. The molecule has 2 aliphatic rings. The molecule has 0 N–H and O–H groups in total. The van der Waals surface area contributed by atoms with E-state index in [2.05, 4.69) is 11.8 Å². The number of amides is 1. The van der Waals surface area contributed by atoms with E-state index in [9.17, 15) is 4.79 Å². The molecule has 0 unspecified atom stereocenters. The summed E-state index contributed by atoms with van der Waals surface area (Å²) in [7, 11) is 1.66. The molecule has 174 valence electrons. The second-order valence-electron chi connectivity index (χ2n) is 8.55. The van der Waals surface area contributed by atoms with Gasteiger partial charge in [-0.05, 0) is 42.3 Å². The molecule has 3 aromatic carbocycles. The standard InChI is InChI=1S/C28H29N3O3/c1-3-22(20-9-5-4-6-10-20)28(32)31-17-15-30(16-18-31)27-23-19-21(33-2)13-14-25(23)34-26-12-8-7-11-24(26)29-27/h4-14,19,22H,3,15-18H2,1-2H3/t22-/m1/s1. The van der Waals surface area contributed by atoms with Crippen molar-refractivity contribution in [3.05, 3.63) is 83.9 Å². The van der Waals surface area contributed by atoms with Crippen LogP contribution in [0.1, 0.15) is 30.4 Å². The van der Waals surface area contributed by atoms with Crippen LogP contribution in [0.25, 0.3) is 0 Å². The topological polar surface area (TPSA) is 54.4 Å². The molecule has 1 amide bonds. The lowest BCUT2D eigenvalue weighted by molar-refractivity contribution is -0.134. The fraction of sp³-hybridized carbons (Fsp3) is 0.286. The van der Waals surface area contributed by atoms with Crippen molar-refractivity contribution >= 4 is 17.4 Å². The predicted molar refractivity (Wildman–Crippen MR) is 133 cm³/mol. The van der Waals surface area contributed by atoms with Gasteiger partial charge in [-0.3, -0.25) is 4.79 Å². The number of rotatable bonds is 4. The van der Waals surface area contributed by atoms with Crippen LogP contribution in [0.4, 0.5) is 5.69 Å². The lowest BCUT2D eigenvalue weighted by Gasteiger charge is -2.38. The van der Waals surface area contributed by atoms with Gasteiger partial charge >= 0.3 is 0 Å². The van der Waals surface area contributed by atoms with Gasteiger partial charge in [0, 0.05) is 26.2 Å². The van der Waals surface area contributed by atoms with E-state index in [-0.39, 0.29) is 11.8 Å². The summed E-state index contributed by atoms with van der Waals surface area (Å²) in [6.45, 7) is 4.79. The Balaban J connectivity index is 1.40. The van der Waals surface area contributed by atoms with Crippen LogP contribution in [0, 0.1) is 0 Å². The zero-order valence-corrected chi connectivity index (χ0v) is 19.6. The van der Waals surface area contributed by atoms with Crippen molar-refractivity contribution in [2.75, 3.05) is 33.3 Å². The van der Waals surface area contributed by atoms with Crippen molar-refractivity contribution in [1.29, 1.82) is 0 Å². The lowest BCUT2D eigenvalue weighted by Crippen LogP contribution is -2.51. The first-order valence-corrected chi connectivity index (χ1v) is 11.8. The summed E-state index contributed by atoms with van der Waals surface area (Å²) < 4.78 is 11.7. The highest BCUT2D eigenvalue weighted by atomic mass is 16.5. The molecule has 0 aromatic heterocycles. The third-order valence-corrected chi connectivity index (χ3v) is 6.54. The van der Waals surface area contributed by atoms with Crippen molar-refractivity contribution < 1.29 is 14.3 Å². The Hall–Kier alpha value is -3.80. The molecular formula is C28H29N3O3. The number of hydrogen-bond acceptors (Lipinski definition) is 5. The third kappa shape index (κ3) is 4.23. The Morgan fingerprint density at radius 2 is 1.71 bits per heavy atom. The number of aliphatic imine (C=N–C) groups is 1. The molecule has 0 bridgehead atoms. The highest BCUT2D eigenvalue weighted by molar-refractivity contribution is 6.04. The van der Waals surface area contributed by atoms with Crippen molar-refractivity contribution in [1.82, 2.24) is 9.80 Å². The molecule has 0 saturated carbocycles. The van der Waals surface area contributed by atoms with Crippen molar-refractivity contribution in [2.24, 2.45) is 4.99 Å². The Morgan fingerprint density at radius 1 is 0.971 bits per heavy atom. The zero-order valence-electron chi connectivity index (χ0n) is 19.6. The van der Waals surface area contributed by atoms with Crippen molar-refractivity contribution in [3.8, 4) is 17.2 Å².